The van der Waals surface area contributed by atoms with E-state index in [0.29, 0.717) is 0 Å². The fourth-order valence-electron chi connectivity index (χ4n) is 2.94. The van der Waals surface area contributed by atoms with E-state index in [0.717, 1.165) is 46.6 Å². The van der Waals surface area contributed by atoms with Crippen LogP contribution in [-0.4, -0.2) is 16.7 Å². The Labute approximate surface area is 138 Å². The van der Waals surface area contributed by atoms with Crippen molar-refractivity contribution < 1.29 is 9.26 Å². The topological polar surface area (TPSA) is 60.2 Å². The molecule has 3 heterocycles. The van der Waals surface area contributed by atoms with Gasteiger partial charge in [0.2, 0.25) is 0 Å². The second-order valence-electron chi connectivity index (χ2n) is 5.61. The van der Waals surface area contributed by atoms with E-state index in [2.05, 4.69) is 16.5 Å². The molecule has 0 spiro atoms. The second-order valence-corrected chi connectivity index (χ2v) is 6.47. The van der Waals surface area contributed by atoms with Crippen molar-refractivity contribution in [3.63, 3.8) is 0 Å². The Hall–Kier alpha value is -2.34. The third-order valence-corrected chi connectivity index (χ3v) is 4.82. The van der Waals surface area contributed by atoms with Crippen LogP contribution in [0, 0.1) is 13.8 Å². The average molecular weight is 327 g/mol. The van der Waals surface area contributed by atoms with Crippen LogP contribution < -0.4 is 10.1 Å². The SMILES string of the molecule is Cc1noc(C)c1-c1csc(NC2CCOc3ccccc32)n1. The Bertz CT molecular complexity index is 820. The summed E-state index contributed by atoms with van der Waals surface area (Å²) in [7, 11) is 0. The minimum Gasteiger partial charge on any atom is -0.493 e. The Morgan fingerprint density at radius 1 is 1.26 bits per heavy atom. The normalized spacial score (nSPS) is 16.7. The fraction of sp³-hybridized carbons (Fsp3) is 0.294. The molecular formula is C17H17N3O2S. The molecule has 1 aliphatic heterocycles. The molecule has 4 rings (SSSR count). The van der Waals surface area contributed by atoms with Crippen LogP contribution >= 0.6 is 11.3 Å². The summed E-state index contributed by atoms with van der Waals surface area (Å²) >= 11 is 1.60. The van der Waals surface area contributed by atoms with Crippen LogP contribution in [0.5, 0.6) is 5.75 Å². The van der Waals surface area contributed by atoms with Gasteiger partial charge in [-0.15, -0.1) is 11.3 Å². The molecular weight excluding hydrogens is 310 g/mol. The van der Waals surface area contributed by atoms with Crippen LogP contribution in [0.25, 0.3) is 11.3 Å². The molecule has 6 heteroatoms. The van der Waals surface area contributed by atoms with Crippen molar-refractivity contribution in [2.75, 3.05) is 11.9 Å². The summed E-state index contributed by atoms with van der Waals surface area (Å²) in [6.45, 7) is 4.57. The zero-order valence-electron chi connectivity index (χ0n) is 13.0. The quantitative estimate of drug-likeness (QED) is 0.775. The number of benzene rings is 1. The molecule has 0 saturated carbocycles. The first-order chi connectivity index (χ1) is 11.2. The molecule has 3 aromatic rings. The molecule has 1 atom stereocenters. The standard InChI is InChI=1S/C17H17N3O2S/c1-10-16(11(2)22-20-10)14-9-23-17(19-14)18-13-7-8-21-15-6-4-3-5-12(13)15/h3-6,9,13H,7-8H2,1-2H3,(H,18,19). The molecule has 118 valence electrons. The number of anilines is 1. The predicted octanol–water partition coefficient (Wildman–Crippen LogP) is 4.35. The molecule has 2 aromatic heterocycles. The first-order valence-corrected chi connectivity index (χ1v) is 8.47. The molecule has 1 aliphatic rings. The van der Waals surface area contributed by atoms with Gasteiger partial charge in [-0.2, -0.15) is 0 Å². The van der Waals surface area contributed by atoms with Crippen molar-refractivity contribution in [2.45, 2.75) is 26.3 Å². The monoisotopic (exact) mass is 327 g/mol. The molecule has 0 bridgehead atoms. The molecule has 0 aliphatic carbocycles. The van der Waals surface area contributed by atoms with Crippen molar-refractivity contribution >= 4 is 16.5 Å². The number of nitrogens with one attached hydrogen (secondary N) is 1. The third-order valence-electron chi connectivity index (χ3n) is 4.05. The summed E-state index contributed by atoms with van der Waals surface area (Å²) < 4.78 is 10.9. The molecule has 0 fully saturated rings. The molecule has 0 amide bonds. The van der Waals surface area contributed by atoms with Gasteiger partial charge in [-0.05, 0) is 19.9 Å². The van der Waals surface area contributed by atoms with Gasteiger partial charge in [0.05, 0.1) is 29.6 Å². The lowest BCUT2D eigenvalue weighted by Gasteiger charge is -2.26. The predicted molar refractivity (Wildman–Crippen MR) is 90.0 cm³/mol. The molecule has 5 nitrogen and oxygen atoms in total. The number of nitrogens with zero attached hydrogens (tertiary/aromatic N) is 2. The number of fused-ring (bicyclic) bond motifs is 1. The van der Waals surface area contributed by atoms with E-state index in [1.165, 1.54) is 5.56 Å². The van der Waals surface area contributed by atoms with Gasteiger partial charge in [0.15, 0.2) is 5.13 Å². The Morgan fingerprint density at radius 3 is 2.96 bits per heavy atom. The zero-order chi connectivity index (χ0) is 15.8. The van der Waals surface area contributed by atoms with Crippen LogP contribution in [0.15, 0.2) is 34.2 Å². The van der Waals surface area contributed by atoms with E-state index in [9.17, 15) is 0 Å². The Balaban J connectivity index is 1.60. The number of thiazole rings is 1. The van der Waals surface area contributed by atoms with Crippen LogP contribution in [0.1, 0.15) is 29.5 Å². The number of aryl methyl sites for hydroxylation is 2. The van der Waals surface area contributed by atoms with Gasteiger partial charge in [-0.3, -0.25) is 0 Å². The van der Waals surface area contributed by atoms with Crippen LogP contribution in [0.2, 0.25) is 0 Å². The van der Waals surface area contributed by atoms with Gasteiger partial charge < -0.3 is 14.6 Å². The van der Waals surface area contributed by atoms with Gasteiger partial charge in [-0.1, -0.05) is 23.4 Å². The summed E-state index contributed by atoms with van der Waals surface area (Å²) in [5, 5.41) is 10.5. The number of aromatic nitrogens is 2. The lowest BCUT2D eigenvalue weighted by Crippen LogP contribution is -2.20. The maximum absolute atomic E-state index is 5.71. The Morgan fingerprint density at radius 2 is 2.13 bits per heavy atom. The van der Waals surface area contributed by atoms with Crippen LogP contribution in [0.4, 0.5) is 5.13 Å². The Kier molecular flexibility index (Phi) is 3.53. The van der Waals surface area contributed by atoms with Crippen molar-refractivity contribution in [2.24, 2.45) is 0 Å². The molecule has 0 saturated heterocycles. The van der Waals surface area contributed by atoms with Gasteiger partial charge in [0, 0.05) is 17.4 Å². The molecule has 1 N–H and O–H groups in total. The van der Waals surface area contributed by atoms with E-state index < -0.39 is 0 Å². The molecule has 1 aromatic carbocycles. The first-order valence-electron chi connectivity index (χ1n) is 7.59. The molecule has 23 heavy (non-hydrogen) atoms. The molecule has 0 radical (unpaired) electrons. The van der Waals surface area contributed by atoms with Crippen LogP contribution in [-0.2, 0) is 0 Å². The van der Waals surface area contributed by atoms with Crippen LogP contribution in [0.3, 0.4) is 0 Å². The maximum atomic E-state index is 5.71. The largest absolute Gasteiger partial charge is 0.493 e. The molecule has 1 unspecified atom stereocenters. The summed E-state index contributed by atoms with van der Waals surface area (Å²) in [5.74, 6) is 1.76. The number of hydrogen-bond donors (Lipinski definition) is 1. The number of rotatable bonds is 3. The highest BCUT2D eigenvalue weighted by Gasteiger charge is 2.22. The minimum atomic E-state index is 0.226. The van der Waals surface area contributed by atoms with Gasteiger partial charge in [-0.25, -0.2) is 4.98 Å². The maximum Gasteiger partial charge on any atom is 0.183 e. The van der Waals surface area contributed by atoms with E-state index in [-0.39, 0.29) is 6.04 Å². The van der Waals surface area contributed by atoms with Gasteiger partial charge >= 0.3 is 0 Å². The number of para-hydroxylation sites is 1. The van der Waals surface area contributed by atoms with Crippen molar-refractivity contribution in [1.82, 2.24) is 10.1 Å². The number of ether oxygens (including phenoxy) is 1. The average Bonchev–Trinajstić information content (AvgIpc) is 3.14. The fourth-order valence-corrected chi connectivity index (χ4v) is 3.70. The highest BCUT2D eigenvalue weighted by molar-refractivity contribution is 7.14. The smallest absolute Gasteiger partial charge is 0.183 e. The summed E-state index contributed by atoms with van der Waals surface area (Å²) in [6.07, 6.45) is 0.928. The zero-order valence-corrected chi connectivity index (χ0v) is 13.8. The third kappa shape index (κ3) is 2.59. The van der Waals surface area contributed by atoms with Crippen molar-refractivity contribution in [3.05, 3.63) is 46.7 Å². The minimum absolute atomic E-state index is 0.226. The van der Waals surface area contributed by atoms with E-state index >= 15 is 0 Å². The van der Waals surface area contributed by atoms with E-state index in [4.69, 9.17) is 14.2 Å². The van der Waals surface area contributed by atoms with Gasteiger partial charge in [0.1, 0.15) is 11.5 Å². The van der Waals surface area contributed by atoms with E-state index in [1.807, 2.05) is 37.4 Å². The van der Waals surface area contributed by atoms with Gasteiger partial charge in [0.25, 0.3) is 0 Å². The number of hydrogen-bond acceptors (Lipinski definition) is 6. The van der Waals surface area contributed by atoms with Crippen molar-refractivity contribution in [3.8, 4) is 17.0 Å². The highest BCUT2D eigenvalue weighted by Crippen LogP contribution is 2.36. The summed E-state index contributed by atoms with van der Waals surface area (Å²) in [5.41, 5.74) is 3.96. The summed E-state index contributed by atoms with van der Waals surface area (Å²) in [6, 6.07) is 8.39. The second kappa shape index (κ2) is 5.70. The van der Waals surface area contributed by atoms with E-state index in [1.54, 1.807) is 11.3 Å². The summed E-state index contributed by atoms with van der Waals surface area (Å²) in [4.78, 5) is 4.71. The lowest BCUT2D eigenvalue weighted by atomic mass is 10.0. The van der Waals surface area contributed by atoms with Crippen molar-refractivity contribution in [1.29, 1.82) is 0 Å². The lowest BCUT2D eigenvalue weighted by molar-refractivity contribution is 0.274. The highest BCUT2D eigenvalue weighted by atomic mass is 32.1. The first kappa shape index (κ1) is 14.3.